The third-order valence-electron chi connectivity index (χ3n) is 6.14. The number of nitrogens with one attached hydrogen (secondary N) is 1. The van der Waals surface area contributed by atoms with Gasteiger partial charge < -0.3 is 5.73 Å². The number of sulfonamides is 1. The van der Waals surface area contributed by atoms with Crippen LogP contribution >= 0.6 is 12.4 Å². The molecule has 0 aliphatic heterocycles. The van der Waals surface area contributed by atoms with E-state index in [-0.39, 0.29) is 29.6 Å². The van der Waals surface area contributed by atoms with Gasteiger partial charge in [0.05, 0.1) is 5.25 Å². The van der Waals surface area contributed by atoms with Crippen molar-refractivity contribution < 1.29 is 8.42 Å². The van der Waals surface area contributed by atoms with E-state index in [1.165, 1.54) is 16.7 Å². The lowest BCUT2D eigenvalue weighted by Gasteiger charge is -2.32. The van der Waals surface area contributed by atoms with Crippen molar-refractivity contribution in [3.63, 3.8) is 0 Å². The van der Waals surface area contributed by atoms with E-state index in [0.717, 1.165) is 44.1 Å². The summed E-state index contributed by atoms with van der Waals surface area (Å²) in [5, 5.41) is -0.200. The van der Waals surface area contributed by atoms with Gasteiger partial charge >= 0.3 is 0 Å². The van der Waals surface area contributed by atoms with E-state index >= 15 is 0 Å². The maximum Gasteiger partial charge on any atom is 0.214 e. The quantitative estimate of drug-likeness (QED) is 0.748. The zero-order chi connectivity index (χ0) is 18.9. The molecule has 4 nitrogen and oxygen atoms in total. The van der Waals surface area contributed by atoms with Crippen LogP contribution < -0.4 is 10.5 Å². The lowest BCUT2D eigenvalue weighted by atomic mass is 9.76. The fraction of sp³-hybridized carbons (Fsp3) is 0.455. The van der Waals surface area contributed by atoms with Crippen molar-refractivity contribution in [2.24, 2.45) is 5.73 Å². The normalized spacial score (nSPS) is 22.0. The number of halogens is 1. The molecule has 0 spiro atoms. The lowest BCUT2D eigenvalue weighted by Crippen LogP contribution is -2.38. The molecule has 1 saturated carbocycles. The maximum absolute atomic E-state index is 12.3. The summed E-state index contributed by atoms with van der Waals surface area (Å²) in [6, 6.07) is 17.0. The van der Waals surface area contributed by atoms with E-state index in [0.29, 0.717) is 6.54 Å². The second-order valence-electron chi connectivity index (χ2n) is 7.95. The number of benzene rings is 2. The van der Waals surface area contributed by atoms with E-state index in [9.17, 15) is 8.42 Å². The number of aryl methyl sites for hydroxylation is 1. The molecule has 2 atom stereocenters. The molecule has 0 aromatic heterocycles. The van der Waals surface area contributed by atoms with Crippen LogP contribution in [0.25, 0.3) is 0 Å². The highest BCUT2D eigenvalue weighted by molar-refractivity contribution is 7.90. The van der Waals surface area contributed by atoms with Crippen LogP contribution in [0.5, 0.6) is 0 Å². The van der Waals surface area contributed by atoms with Gasteiger partial charge in [0.1, 0.15) is 0 Å². The molecule has 0 bridgehead atoms. The molecule has 152 valence electrons. The first kappa shape index (κ1) is 21.3. The molecule has 1 fully saturated rings. The van der Waals surface area contributed by atoms with Crippen LogP contribution in [0.15, 0.2) is 48.5 Å². The Balaban J connectivity index is 0.00000225. The minimum absolute atomic E-state index is 0. The Morgan fingerprint density at radius 2 is 1.75 bits per heavy atom. The van der Waals surface area contributed by atoms with Crippen molar-refractivity contribution in [2.75, 3.05) is 0 Å². The Morgan fingerprint density at radius 1 is 1.00 bits per heavy atom. The van der Waals surface area contributed by atoms with Gasteiger partial charge in [-0.05, 0) is 54.4 Å². The highest BCUT2D eigenvalue weighted by atomic mass is 35.5. The van der Waals surface area contributed by atoms with Crippen molar-refractivity contribution in [3.8, 4) is 0 Å². The monoisotopic (exact) mass is 420 g/mol. The molecule has 28 heavy (non-hydrogen) atoms. The number of rotatable bonds is 6. The number of nitrogens with two attached hydrogens (primary N) is 1. The van der Waals surface area contributed by atoms with Crippen molar-refractivity contribution >= 4 is 22.4 Å². The van der Waals surface area contributed by atoms with Crippen LogP contribution in [0.2, 0.25) is 0 Å². The van der Waals surface area contributed by atoms with Gasteiger partial charge in [-0.2, -0.15) is 0 Å². The molecule has 6 heteroatoms. The van der Waals surface area contributed by atoms with Crippen molar-refractivity contribution in [2.45, 2.75) is 62.3 Å². The largest absolute Gasteiger partial charge is 0.327 e. The molecule has 0 radical (unpaired) electrons. The maximum atomic E-state index is 12.3. The highest BCUT2D eigenvalue weighted by Gasteiger charge is 2.31. The second kappa shape index (κ2) is 8.95. The average molecular weight is 421 g/mol. The third kappa shape index (κ3) is 4.60. The molecule has 2 aliphatic rings. The molecule has 2 aliphatic carbocycles. The molecule has 0 saturated heterocycles. The van der Waals surface area contributed by atoms with Crippen LogP contribution in [0.1, 0.15) is 53.9 Å². The van der Waals surface area contributed by atoms with Gasteiger partial charge in [0.25, 0.3) is 0 Å². The highest BCUT2D eigenvalue weighted by Crippen LogP contribution is 2.34. The summed E-state index contributed by atoms with van der Waals surface area (Å²) in [6.45, 7) is 0.361. The fourth-order valence-electron chi connectivity index (χ4n) is 4.19. The summed E-state index contributed by atoms with van der Waals surface area (Å²) >= 11 is 0. The summed E-state index contributed by atoms with van der Waals surface area (Å²) in [7, 11) is -3.19. The molecule has 0 unspecified atom stereocenters. The number of fused-ring (bicyclic) bond motifs is 1. The van der Waals surface area contributed by atoms with E-state index in [1.807, 2.05) is 6.07 Å². The molecule has 4 rings (SSSR count). The lowest BCUT2D eigenvalue weighted by molar-refractivity contribution is 0.465. The summed E-state index contributed by atoms with van der Waals surface area (Å²) in [4.78, 5) is 0. The first-order chi connectivity index (χ1) is 13.0. The number of hydrogen-bond acceptors (Lipinski definition) is 3. The minimum Gasteiger partial charge on any atom is -0.327 e. The molecule has 0 heterocycles. The van der Waals surface area contributed by atoms with Crippen LogP contribution in [0, 0.1) is 0 Å². The second-order valence-corrected chi connectivity index (χ2v) is 10.00. The first-order valence-corrected chi connectivity index (χ1v) is 11.5. The topological polar surface area (TPSA) is 72.2 Å². The summed E-state index contributed by atoms with van der Waals surface area (Å²) in [5.74, 6) is 0.277. The van der Waals surface area contributed by atoms with Gasteiger partial charge in [0, 0.05) is 18.5 Å². The molecule has 2 aromatic rings. The summed E-state index contributed by atoms with van der Waals surface area (Å²) < 4.78 is 27.4. The van der Waals surface area contributed by atoms with Crippen LogP contribution in [-0.2, 0) is 29.4 Å². The van der Waals surface area contributed by atoms with Crippen molar-refractivity contribution in [1.29, 1.82) is 0 Å². The molecule has 0 amide bonds. The Morgan fingerprint density at radius 3 is 2.43 bits per heavy atom. The number of hydrogen-bond donors (Lipinski definition) is 2. The smallest absolute Gasteiger partial charge is 0.214 e. The van der Waals surface area contributed by atoms with Crippen LogP contribution in [0.4, 0.5) is 0 Å². The van der Waals surface area contributed by atoms with Gasteiger partial charge in [0.15, 0.2) is 0 Å². The average Bonchev–Trinajstić information content (AvgIpc) is 2.61. The zero-order valence-electron chi connectivity index (χ0n) is 16.0. The van der Waals surface area contributed by atoms with E-state index in [2.05, 4.69) is 47.2 Å². The minimum atomic E-state index is -3.19. The summed E-state index contributed by atoms with van der Waals surface area (Å²) in [5.41, 5.74) is 11.4. The van der Waals surface area contributed by atoms with Gasteiger partial charge in [-0.1, -0.05) is 55.0 Å². The van der Waals surface area contributed by atoms with Gasteiger partial charge in [-0.15, -0.1) is 12.4 Å². The van der Waals surface area contributed by atoms with Crippen molar-refractivity contribution in [3.05, 3.63) is 70.8 Å². The van der Waals surface area contributed by atoms with E-state index in [4.69, 9.17) is 5.73 Å². The molecular formula is C22H29ClN2O2S. The molecular weight excluding hydrogens is 392 g/mol. The predicted molar refractivity (Wildman–Crippen MR) is 116 cm³/mol. The Kier molecular flexibility index (Phi) is 6.81. The van der Waals surface area contributed by atoms with Gasteiger partial charge in [-0.3, -0.25) is 0 Å². The van der Waals surface area contributed by atoms with E-state index in [1.54, 1.807) is 0 Å². The SMILES string of the molecule is Cl.N[C@@H]1CCc2ccc(CNS(=O)(=O)C3CCC3)cc2[C@@H]1Cc1ccccc1. The fourth-order valence-corrected chi connectivity index (χ4v) is 5.75. The Labute approximate surface area is 174 Å². The Hall–Kier alpha value is -1.40. The standard InChI is InChI=1S/C22H28N2O2S.ClH/c23-22-12-11-18-10-9-17(15-24-27(25,26)19-7-4-8-19)14-20(18)21(22)13-16-5-2-1-3-6-16;/h1-3,5-6,9-10,14,19,21-22,24H,4,7-8,11-13,15,23H2;1H/t21-,22+;/m0./s1. The molecule has 3 N–H and O–H groups in total. The van der Waals surface area contributed by atoms with Crippen molar-refractivity contribution in [1.82, 2.24) is 4.72 Å². The Bertz CT molecular complexity index is 898. The van der Waals surface area contributed by atoms with Gasteiger partial charge in [-0.25, -0.2) is 13.1 Å². The predicted octanol–water partition coefficient (Wildman–Crippen LogP) is 3.68. The van der Waals surface area contributed by atoms with Crippen LogP contribution in [-0.4, -0.2) is 19.7 Å². The van der Waals surface area contributed by atoms with Crippen LogP contribution in [0.3, 0.4) is 0 Å². The zero-order valence-corrected chi connectivity index (χ0v) is 17.6. The summed E-state index contributed by atoms with van der Waals surface area (Å²) in [6.07, 6.45) is 5.50. The van der Waals surface area contributed by atoms with Gasteiger partial charge in [0.2, 0.25) is 10.0 Å². The van der Waals surface area contributed by atoms with E-state index < -0.39 is 10.0 Å². The third-order valence-corrected chi connectivity index (χ3v) is 8.04. The first-order valence-electron chi connectivity index (χ1n) is 9.92. The molecule has 2 aromatic carbocycles.